The van der Waals surface area contributed by atoms with Crippen LogP contribution in [0.5, 0.6) is 0 Å². The normalized spacial score (nSPS) is 10.4. The molecule has 0 atom stereocenters. The van der Waals surface area contributed by atoms with Crippen LogP contribution in [0.4, 0.5) is 10.1 Å². The van der Waals surface area contributed by atoms with E-state index in [9.17, 15) is 9.18 Å². The molecule has 4 heteroatoms. The van der Waals surface area contributed by atoms with Gasteiger partial charge in [0.1, 0.15) is 5.82 Å². The van der Waals surface area contributed by atoms with Gasteiger partial charge in [0.05, 0.1) is 5.56 Å². The Morgan fingerprint density at radius 1 is 1.24 bits per heavy atom. The molecule has 0 aliphatic heterocycles. The Morgan fingerprint density at radius 3 is 2.62 bits per heavy atom. The zero-order valence-corrected chi connectivity index (χ0v) is 12.3. The number of amides is 1. The largest absolute Gasteiger partial charge is 0.399 e. The van der Waals surface area contributed by atoms with Gasteiger partial charge in [0.2, 0.25) is 0 Å². The summed E-state index contributed by atoms with van der Waals surface area (Å²) in [5.41, 5.74) is 7.91. The van der Waals surface area contributed by atoms with E-state index in [4.69, 9.17) is 5.73 Å². The second kappa shape index (κ2) is 6.39. The van der Waals surface area contributed by atoms with Crippen molar-refractivity contribution in [3.05, 3.63) is 65.0 Å². The Morgan fingerprint density at radius 2 is 1.95 bits per heavy atom. The van der Waals surface area contributed by atoms with Crippen LogP contribution >= 0.6 is 0 Å². The summed E-state index contributed by atoms with van der Waals surface area (Å²) in [6, 6.07) is 12.2. The van der Waals surface area contributed by atoms with E-state index >= 15 is 0 Å². The summed E-state index contributed by atoms with van der Waals surface area (Å²) in [6.45, 7) is 4.44. The van der Waals surface area contributed by atoms with Gasteiger partial charge in [-0.1, -0.05) is 24.3 Å². The van der Waals surface area contributed by atoms with Crippen LogP contribution in [0.15, 0.2) is 42.5 Å². The van der Waals surface area contributed by atoms with Crippen molar-refractivity contribution < 1.29 is 9.18 Å². The van der Waals surface area contributed by atoms with E-state index in [-0.39, 0.29) is 11.5 Å². The first-order valence-electron chi connectivity index (χ1n) is 6.91. The lowest BCUT2D eigenvalue weighted by molar-refractivity contribution is 0.0747. The smallest absolute Gasteiger partial charge is 0.257 e. The second-order valence-electron chi connectivity index (χ2n) is 5.00. The van der Waals surface area contributed by atoms with Crippen molar-refractivity contribution >= 4 is 11.6 Å². The second-order valence-corrected chi connectivity index (χ2v) is 5.00. The highest BCUT2D eigenvalue weighted by Crippen LogP contribution is 2.16. The summed E-state index contributed by atoms with van der Waals surface area (Å²) in [4.78, 5) is 14.1. The molecule has 2 N–H and O–H groups in total. The molecule has 0 saturated heterocycles. The Balaban J connectivity index is 2.25. The van der Waals surface area contributed by atoms with Gasteiger partial charge in [-0.2, -0.15) is 0 Å². The first-order valence-corrected chi connectivity index (χ1v) is 6.91. The Hall–Kier alpha value is -2.36. The van der Waals surface area contributed by atoms with Gasteiger partial charge in [-0.3, -0.25) is 4.79 Å². The standard InChI is InChI=1S/C17H19FN2O/c1-3-20(11-13-7-5-8-14(19)10-13)17(21)15-9-4-6-12(2)16(15)18/h4-10H,3,11,19H2,1-2H3. The summed E-state index contributed by atoms with van der Waals surface area (Å²) in [6.07, 6.45) is 0. The molecule has 0 aliphatic rings. The number of carbonyl (C=O) groups is 1. The highest BCUT2D eigenvalue weighted by molar-refractivity contribution is 5.94. The lowest BCUT2D eigenvalue weighted by Gasteiger charge is -2.22. The van der Waals surface area contributed by atoms with E-state index < -0.39 is 5.82 Å². The fourth-order valence-corrected chi connectivity index (χ4v) is 2.22. The zero-order chi connectivity index (χ0) is 15.4. The minimum absolute atomic E-state index is 0.112. The monoisotopic (exact) mass is 286 g/mol. The molecule has 2 rings (SSSR count). The van der Waals surface area contributed by atoms with E-state index in [1.165, 1.54) is 6.07 Å². The first-order chi connectivity index (χ1) is 10.0. The van der Waals surface area contributed by atoms with Crippen LogP contribution in [0.3, 0.4) is 0 Å². The molecule has 0 saturated carbocycles. The lowest BCUT2D eigenvalue weighted by Crippen LogP contribution is -2.31. The van der Waals surface area contributed by atoms with Crippen molar-refractivity contribution in [1.82, 2.24) is 4.90 Å². The molecule has 0 radical (unpaired) electrons. The van der Waals surface area contributed by atoms with Crippen molar-refractivity contribution in [3.63, 3.8) is 0 Å². The van der Waals surface area contributed by atoms with E-state index in [2.05, 4.69) is 0 Å². The van der Waals surface area contributed by atoms with Gasteiger partial charge in [0.15, 0.2) is 0 Å². The molecule has 2 aromatic rings. The third kappa shape index (κ3) is 3.40. The maximum Gasteiger partial charge on any atom is 0.257 e. The van der Waals surface area contributed by atoms with Gasteiger partial charge >= 0.3 is 0 Å². The number of nitrogens with zero attached hydrogens (tertiary/aromatic N) is 1. The molecule has 0 bridgehead atoms. The molecule has 0 aliphatic carbocycles. The van der Waals surface area contributed by atoms with Gasteiger partial charge in [-0.25, -0.2) is 4.39 Å². The maximum absolute atomic E-state index is 14.1. The van der Waals surface area contributed by atoms with Gasteiger partial charge in [-0.15, -0.1) is 0 Å². The van der Waals surface area contributed by atoms with E-state index in [0.29, 0.717) is 24.3 Å². The average Bonchev–Trinajstić information content (AvgIpc) is 2.47. The number of nitrogens with two attached hydrogens (primary N) is 1. The number of anilines is 1. The summed E-state index contributed by atoms with van der Waals surface area (Å²) >= 11 is 0. The van der Waals surface area contributed by atoms with Crippen molar-refractivity contribution in [1.29, 1.82) is 0 Å². The van der Waals surface area contributed by atoms with E-state index in [0.717, 1.165) is 5.56 Å². The molecule has 0 spiro atoms. The number of benzene rings is 2. The number of rotatable bonds is 4. The lowest BCUT2D eigenvalue weighted by atomic mass is 10.1. The minimum Gasteiger partial charge on any atom is -0.399 e. The summed E-state index contributed by atoms with van der Waals surface area (Å²) in [7, 11) is 0. The maximum atomic E-state index is 14.1. The van der Waals surface area contributed by atoms with Crippen LogP contribution < -0.4 is 5.73 Å². The number of aryl methyl sites for hydroxylation is 1. The van der Waals surface area contributed by atoms with Crippen molar-refractivity contribution in [3.8, 4) is 0 Å². The molecular weight excluding hydrogens is 267 g/mol. The Kier molecular flexibility index (Phi) is 4.58. The molecule has 1 amide bonds. The number of hydrogen-bond acceptors (Lipinski definition) is 2. The third-order valence-corrected chi connectivity index (χ3v) is 3.42. The van der Waals surface area contributed by atoms with Gasteiger partial charge < -0.3 is 10.6 Å². The highest BCUT2D eigenvalue weighted by atomic mass is 19.1. The minimum atomic E-state index is -0.450. The fourth-order valence-electron chi connectivity index (χ4n) is 2.22. The predicted octanol–water partition coefficient (Wildman–Crippen LogP) is 3.38. The molecule has 0 unspecified atom stereocenters. The number of hydrogen-bond donors (Lipinski definition) is 1. The summed E-state index contributed by atoms with van der Waals surface area (Å²) in [5.74, 6) is -0.755. The van der Waals surface area contributed by atoms with Crippen molar-refractivity contribution in [2.45, 2.75) is 20.4 Å². The molecule has 110 valence electrons. The van der Waals surface area contributed by atoms with Crippen molar-refractivity contribution in [2.75, 3.05) is 12.3 Å². The van der Waals surface area contributed by atoms with Gasteiger partial charge in [0.25, 0.3) is 5.91 Å². The molecular formula is C17H19FN2O. The van der Waals surface area contributed by atoms with Gasteiger partial charge in [0, 0.05) is 18.8 Å². The number of nitrogen functional groups attached to an aromatic ring is 1. The number of carbonyl (C=O) groups excluding carboxylic acids is 1. The van der Waals surface area contributed by atoms with Crippen LogP contribution in [0.1, 0.15) is 28.4 Å². The predicted molar refractivity (Wildman–Crippen MR) is 82.4 cm³/mol. The van der Waals surface area contributed by atoms with E-state index in [1.807, 2.05) is 25.1 Å². The molecule has 0 fully saturated rings. The first kappa shape index (κ1) is 15.0. The molecule has 21 heavy (non-hydrogen) atoms. The Bertz CT molecular complexity index is 655. The summed E-state index contributed by atoms with van der Waals surface area (Å²) < 4.78 is 14.1. The molecule has 2 aromatic carbocycles. The van der Waals surface area contributed by atoms with Crippen molar-refractivity contribution in [2.24, 2.45) is 0 Å². The quantitative estimate of drug-likeness (QED) is 0.876. The van der Waals surface area contributed by atoms with Crippen LogP contribution in [0.2, 0.25) is 0 Å². The average molecular weight is 286 g/mol. The van der Waals surface area contributed by atoms with Crippen LogP contribution in [-0.4, -0.2) is 17.4 Å². The van der Waals surface area contributed by atoms with E-state index in [1.54, 1.807) is 30.0 Å². The topological polar surface area (TPSA) is 46.3 Å². The van der Waals surface area contributed by atoms with Crippen LogP contribution in [0.25, 0.3) is 0 Å². The molecule has 0 heterocycles. The third-order valence-electron chi connectivity index (χ3n) is 3.42. The van der Waals surface area contributed by atoms with Crippen LogP contribution in [0, 0.1) is 12.7 Å². The van der Waals surface area contributed by atoms with Crippen LogP contribution in [-0.2, 0) is 6.54 Å². The SMILES string of the molecule is CCN(Cc1cccc(N)c1)C(=O)c1cccc(C)c1F. The van der Waals surface area contributed by atoms with Gasteiger partial charge in [-0.05, 0) is 43.2 Å². The number of halogens is 1. The zero-order valence-electron chi connectivity index (χ0n) is 12.3. The molecule has 0 aromatic heterocycles. The Labute approximate surface area is 124 Å². The summed E-state index contributed by atoms with van der Waals surface area (Å²) in [5, 5.41) is 0. The fraction of sp³-hybridized carbons (Fsp3) is 0.235. The molecule has 3 nitrogen and oxygen atoms in total. The highest BCUT2D eigenvalue weighted by Gasteiger charge is 2.19.